The number of nitrogens with zero attached hydrogens (tertiary/aromatic N) is 1. The van der Waals surface area contributed by atoms with Crippen LogP contribution in [0.2, 0.25) is 5.15 Å². The fourth-order valence-corrected chi connectivity index (χ4v) is 2.65. The first-order valence-corrected chi connectivity index (χ1v) is 7.87. The van der Waals surface area contributed by atoms with Crippen LogP contribution in [-0.2, 0) is 9.84 Å². The number of carbonyl (C=O) groups excluding carboxylic acids is 1. The molecular formula is C13H11ClN2O3S. The van der Waals surface area contributed by atoms with E-state index in [1.807, 2.05) is 0 Å². The lowest BCUT2D eigenvalue weighted by Gasteiger charge is -2.09. The van der Waals surface area contributed by atoms with Gasteiger partial charge in [0, 0.05) is 18.0 Å². The van der Waals surface area contributed by atoms with Crippen LogP contribution in [0.3, 0.4) is 0 Å². The molecule has 0 radical (unpaired) electrons. The van der Waals surface area contributed by atoms with Gasteiger partial charge in [-0.1, -0.05) is 23.7 Å². The van der Waals surface area contributed by atoms with Crippen LogP contribution in [0.1, 0.15) is 10.4 Å². The average molecular weight is 311 g/mol. The summed E-state index contributed by atoms with van der Waals surface area (Å²) in [5.74, 6) is -0.453. The number of sulfone groups is 1. The van der Waals surface area contributed by atoms with E-state index in [1.165, 1.54) is 30.5 Å². The summed E-state index contributed by atoms with van der Waals surface area (Å²) in [7, 11) is -3.42. The second kappa shape index (κ2) is 5.60. The van der Waals surface area contributed by atoms with Crippen molar-refractivity contribution in [2.45, 2.75) is 4.90 Å². The van der Waals surface area contributed by atoms with Crippen LogP contribution in [0.4, 0.5) is 5.69 Å². The van der Waals surface area contributed by atoms with Crippen molar-refractivity contribution in [2.75, 3.05) is 11.6 Å². The van der Waals surface area contributed by atoms with Gasteiger partial charge in [-0.3, -0.25) is 4.79 Å². The molecule has 2 aromatic rings. The normalized spacial score (nSPS) is 11.1. The van der Waals surface area contributed by atoms with E-state index in [9.17, 15) is 13.2 Å². The first-order chi connectivity index (χ1) is 9.38. The molecule has 5 nitrogen and oxygen atoms in total. The van der Waals surface area contributed by atoms with Gasteiger partial charge < -0.3 is 5.32 Å². The quantitative estimate of drug-likeness (QED) is 0.883. The van der Waals surface area contributed by atoms with Crippen molar-refractivity contribution in [1.82, 2.24) is 4.98 Å². The third kappa shape index (κ3) is 3.34. The van der Waals surface area contributed by atoms with Crippen molar-refractivity contribution in [3.05, 3.63) is 53.3 Å². The first kappa shape index (κ1) is 14.5. The number of hydrogen-bond acceptors (Lipinski definition) is 4. The molecule has 1 N–H and O–H groups in total. The monoisotopic (exact) mass is 310 g/mol. The number of anilines is 1. The third-order valence-corrected chi connectivity index (χ3v) is 3.89. The summed E-state index contributed by atoms with van der Waals surface area (Å²) in [6.45, 7) is 0. The summed E-state index contributed by atoms with van der Waals surface area (Å²) >= 11 is 5.71. The molecule has 0 aliphatic heterocycles. The lowest BCUT2D eigenvalue weighted by atomic mass is 10.2. The fourth-order valence-electron chi connectivity index (χ4n) is 1.63. The maximum atomic E-state index is 12.1. The second-order valence-corrected chi connectivity index (χ2v) is 6.46. The van der Waals surface area contributed by atoms with Crippen molar-refractivity contribution in [3.63, 3.8) is 0 Å². The number of para-hydroxylation sites is 1. The van der Waals surface area contributed by atoms with Crippen molar-refractivity contribution >= 4 is 33.0 Å². The highest BCUT2D eigenvalue weighted by molar-refractivity contribution is 7.90. The van der Waals surface area contributed by atoms with E-state index >= 15 is 0 Å². The molecule has 0 fully saturated rings. The molecule has 20 heavy (non-hydrogen) atoms. The molecule has 1 aromatic carbocycles. The summed E-state index contributed by atoms with van der Waals surface area (Å²) in [5, 5.41) is 2.74. The lowest BCUT2D eigenvalue weighted by Crippen LogP contribution is -2.14. The van der Waals surface area contributed by atoms with Crippen LogP contribution in [0, 0.1) is 0 Å². The molecule has 1 heterocycles. The molecule has 0 saturated heterocycles. The largest absolute Gasteiger partial charge is 0.321 e. The molecule has 0 unspecified atom stereocenters. The minimum absolute atomic E-state index is 0.0634. The number of aromatic nitrogens is 1. The third-order valence-electron chi connectivity index (χ3n) is 2.52. The molecule has 1 amide bonds. The van der Waals surface area contributed by atoms with Crippen molar-refractivity contribution in [3.8, 4) is 0 Å². The summed E-state index contributed by atoms with van der Waals surface area (Å²) in [5.41, 5.74) is 0.529. The summed E-state index contributed by atoms with van der Waals surface area (Å²) in [6, 6.07) is 9.09. The van der Waals surface area contributed by atoms with Crippen LogP contribution < -0.4 is 5.32 Å². The molecule has 7 heteroatoms. The molecule has 0 saturated carbocycles. The molecule has 0 bridgehead atoms. The predicted octanol–water partition coefficient (Wildman–Crippen LogP) is 2.39. The number of halogens is 1. The van der Waals surface area contributed by atoms with E-state index in [0.717, 1.165) is 6.26 Å². The van der Waals surface area contributed by atoms with Gasteiger partial charge in [0.1, 0.15) is 5.15 Å². The smallest absolute Gasteiger partial charge is 0.255 e. The maximum Gasteiger partial charge on any atom is 0.255 e. The number of nitrogens with one attached hydrogen (secondary N) is 1. The molecule has 0 aliphatic carbocycles. The zero-order valence-corrected chi connectivity index (χ0v) is 12.1. The summed E-state index contributed by atoms with van der Waals surface area (Å²) < 4.78 is 23.3. The van der Waals surface area contributed by atoms with E-state index < -0.39 is 15.7 Å². The van der Waals surface area contributed by atoms with Crippen molar-refractivity contribution < 1.29 is 13.2 Å². The van der Waals surface area contributed by atoms with E-state index in [1.54, 1.807) is 12.1 Å². The number of hydrogen-bond donors (Lipinski definition) is 1. The van der Waals surface area contributed by atoms with Gasteiger partial charge in [0.05, 0.1) is 10.6 Å². The van der Waals surface area contributed by atoms with Crippen LogP contribution in [0.5, 0.6) is 0 Å². The molecule has 104 valence electrons. The van der Waals surface area contributed by atoms with Gasteiger partial charge in [0.15, 0.2) is 9.84 Å². The summed E-state index contributed by atoms with van der Waals surface area (Å²) in [4.78, 5) is 15.9. The highest BCUT2D eigenvalue weighted by atomic mass is 35.5. The highest BCUT2D eigenvalue weighted by Crippen LogP contribution is 2.21. The van der Waals surface area contributed by atoms with E-state index in [-0.39, 0.29) is 15.7 Å². The van der Waals surface area contributed by atoms with Crippen molar-refractivity contribution in [2.24, 2.45) is 0 Å². The van der Waals surface area contributed by atoms with Gasteiger partial charge in [0.25, 0.3) is 5.91 Å². The Morgan fingerprint density at radius 1 is 1.25 bits per heavy atom. The van der Waals surface area contributed by atoms with Gasteiger partial charge in [-0.05, 0) is 24.3 Å². The van der Waals surface area contributed by atoms with E-state index in [4.69, 9.17) is 11.6 Å². The first-order valence-electron chi connectivity index (χ1n) is 5.60. The minimum atomic E-state index is -3.42. The molecular weight excluding hydrogens is 300 g/mol. The van der Waals surface area contributed by atoms with E-state index in [0.29, 0.717) is 5.56 Å². The topological polar surface area (TPSA) is 76.1 Å². The number of carbonyl (C=O) groups is 1. The highest BCUT2D eigenvalue weighted by Gasteiger charge is 2.15. The lowest BCUT2D eigenvalue weighted by molar-refractivity contribution is 0.102. The average Bonchev–Trinajstić information content (AvgIpc) is 2.38. The Kier molecular flexibility index (Phi) is 4.06. The number of benzene rings is 1. The Hall–Kier alpha value is -1.92. The van der Waals surface area contributed by atoms with Gasteiger partial charge in [-0.15, -0.1) is 0 Å². The molecule has 2 rings (SSSR count). The molecule has 1 aromatic heterocycles. The SMILES string of the molecule is CS(=O)(=O)c1ccccc1NC(=O)c1ccnc(Cl)c1. The zero-order valence-electron chi connectivity index (χ0n) is 10.5. The maximum absolute atomic E-state index is 12.1. The van der Waals surface area contributed by atoms with Crippen LogP contribution in [-0.4, -0.2) is 25.6 Å². The van der Waals surface area contributed by atoms with Gasteiger partial charge in [-0.25, -0.2) is 13.4 Å². The fraction of sp³-hybridized carbons (Fsp3) is 0.0769. The predicted molar refractivity (Wildman–Crippen MR) is 76.8 cm³/mol. The van der Waals surface area contributed by atoms with Gasteiger partial charge in [0.2, 0.25) is 0 Å². The molecule has 0 spiro atoms. The standard InChI is InChI=1S/C13H11ClN2O3S/c1-20(18,19)11-5-3-2-4-10(11)16-13(17)9-6-7-15-12(14)8-9/h2-8H,1H3,(H,16,17). The van der Waals surface area contributed by atoms with Crippen molar-refractivity contribution in [1.29, 1.82) is 0 Å². The number of amides is 1. The second-order valence-electron chi connectivity index (χ2n) is 4.09. The Morgan fingerprint density at radius 3 is 2.60 bits per heavy atom. The Morgan fingerprint density at radius 2 is 1.95 bits per heavy atom. The van der Waals surface area contributed by atoms with Gasteiger partial charge >= 0.3 is 0 Å². The van der Waals surface area contributed by atoms with E-state index in [2.05, 4.69) is 10.3 Å². The number of pyridine rings is 1. The van der Waals surface area contributed by atoms with Crippen LogP contribution in [0.15, 0.2) is 47.5 Å². The number of rotatable bonds is 3. The Balaban J connectivity index is 2.34. The van der Waals surface area contributed by atoms with Crippen LogP contribution >= 0.6 is 11.6 Å². The zero-order chi connectivity index (χ0) is 14.8. The van der Waals surface area contributed by atoms with Gasteiger partial charge in [-0.2, -0.15) is 0 Å². The minimum Gasteiger partial charge on any atom is -0.321 e. The Bertz CT molecular complexity index is 760. The Labute approximate surface area is 121 Å². The van der Waals surface area contributed by atoms with Crippen LogP contribution in [0.25, 0.3) is 0 Å². The summed E-state index contributed by atoms with van der Waals surface area (Å²) in [6.07, 6.45) is 2.49. The molecule has 0 aliphatic rings. The molecule has 0 atom stereocenters.